The highest BCUT2D eigenvalue weighted by molar-refractivity contribution is 6.68. The summed E-state index contributed by atoms with van der Waals surface area (Å²) in [6.07, 6.45) is 7.41. The molecule has 0 atom stereocenters. The van der Waals surface area contributed by atoms with Crippen molar-refractivity contribution in [3.05, 3.63) is 36.0 Å². The third-order valence-electron chi connectivity index (χ3n) is 7.51. The van der Waals surface area contributed by atoms with Gasteiger partial charge in [-0.3, -0.25) is 4.98 Å². The van der Waals surface area contributed by atoms with Crippen LogP contribution in [0.4, 0.5) is 0 Å². The Morgan fingerprint density at radius 2 is 1.69 bits per heavy atom. The van der Waals surface area contributed by atoms with E-state index >= 15 is 0 Å². The van der Waals surface area contributed by atoms with E-state index in [2.05, 4.69) is 66.4 Å². The fourth-order valence-electron chi connectivity index (χ4n) is 5.44. The lowest BCUT2D eigenvalue weighted by atomic mass is 9.51. The first-order valence-corrected chi connectivity index (χ1v) is 12.5. The second-order valence-corrected chi connectivity index (χ2v) is 11.5. The minimum Gasteiger partial charge on any atom is -0.474 e. The van der Waals surface area contributed by atoms with Crippen molar-refractivity contribution in [2.45, 2.75) is 124 Å². The highest BCUT2D eigenvalue weighted by atomic mass is 16.5. The number of pyridine rings is 1. The molecule has 0 saturated carbocycles. The molecule has 2 rings (SSSR count). The Kier molecular flexibility index (Phi) is 8.19. The van der Waals surface area contributed by atoms with Crippen molar-refractivity contribution < 1.29 is 9.39 Å². The van der Waals surface area contributed by atoms with E-state index in [1.54, 1.807) is 0 Å². The van der Waals surface area contributed by atoms with Crippen molar-refractivity contribution in [3.63, 3.8) is 0 Å². The Morgan fingerprint density at radius 3 is 2.12 bits per heavy atom. The molecule has 5 heteroatoms. The summed E-state index contributed by atoms with van der Waals surface area (Å²) < 4.78 is 12.9. The van der Waals surface area contributed by atoms with Crippen LogP contribution in [0.1, 0.15) is 106 Å². The van der Waals surface area contributed by atoms with Crippen LogP contribution in [0, 0.1) is 5.41 Å². The van der Waals surface area contributed by atoms with Gasteiger partial charge in [-0.2, -0.15) is 0 Å². The summed E-state index contributed by atoms with van der Waals surface area (Å²) in [6.45, 7) is 26.7. The van der Waals surface area contributed by atoms with E-state index in [-0.39, 0.29) is 28.9 Å². The summed E-state index contributed by atoms with van der Waals surface area (Å²) in [7, 11) is 0. The average molecular weight is 442 g/mol. The van der Waals surface area contributed by atoms with Gasteiger partial charge >= 0.3 is 6.92 Å². The van der Waals surface area contributed by atoms with Crippen molar-refractivity contribution in [2.75, 3.05) is 0 Å². The van der Waals surface area contributed by atoms with Gasteiger partial charge in [0, 0.05) is 6.20 Å². The minimum atomic E-state index is -0.283. The Bertz CT molecular complexity index is 764. The normalized spacial score (nSPS) is 18.0. The molecule has 1 aliphatic heterocycles. The zero-order valence-electron chi connectivity index (χ0n) is 22.4. The quantitative estimate of drug-likeness (QED) is 0.358. The maximum Gasteiger partial charge on any atom is 0.329 e. The number of nitrogens with one attached hydrogen (secondary N) is 1. The van der Waals surface area contributed by atoms with Gasteiger partial charge in [-0.25, -0.2) is 0 Å². The predicted octanol–water partition coefficient (Wildman–Crippen LogP) is 6.35. The van der Waals surface area contributed by atoms with E-state index in [0.29, 0.717) is 12.4 Å². The summed E-state index contributed by atoms with van der Waals surface area (Å²) in [6, 6.07) is 2.33. The molecule has 4 nitrogen and oxygen atoms in total. The molecule has 0 bridgehead atoms. The van der Waals surface area contributed by atoms with Gasteiger partial charge in [0.05, 0.1) is 17.8 Å². The van der Waals surface area contributed by atoms with Crippen LogP contribution in [0.15, 0.2) is 24.7 Å². The van der Waals surface area contributed by atoms with Crippen molar-refractivity contribution in [1.82, 2.24) is 10.3 Å². The molecule has 0 amide bonds. The Labute approximate surface area is 198 Å². The maximum atomic E-state index is 7.01. The summed E-state index contributed by atoms with van der Waals surface area (Å²) in [5.41, 5.74) is 3.34. The van der Waals surface area contributed by atoms with Crippen molar-refractivity contribution >= 4 is 12.4 Å². The fourth-order valence-corrected chi connectivity index (χ4v) is 5.44. The van der Waals surface area contributed by atoms with Crippen molar-refractivity contribution in [1.29, 1.82) is 0 Å². The van der Waals surface area contributed by atoms with E-state index in [1.807, 2.05) is 27.0 Å². The van der Waals surface area contributed by atoms with Gasteiger partial charge in [0.1, 0.15) is 5.60 Å². The standard InChI is InChI=1S/C27H47BN2O2/c1-12-26(13-2)19-28(32-27(26,14-3)15-4)22-16-21(24(6,7)8)17-30-23(22)18-29-20(5)31-25(9,10)11/h16-17,29H,5,12-15,18-19H2,1-4,6-11H3. The van der Waals surface area contributed by atoms with Crippen LogP contribution < -0.4 is 10.8 Å². The molecule has 0 aliphatic carbocycles. The fraction of sp³-hybridized carbons (Fsp3) is 0.741. The third kappa shape index (κ3) is 5.52. The first-order chi connectivity index (χ1) is 14.8. The van der Waals surface area contributed by atoms with Gasteiger partial charge in [-0.1, -0.05) is 54.5 Å². The summed E-state index contributed by atoms with van der Waals surface area (Å²) in [4.78, 5) is 4.92. The molecule has 0 radical (unpaired) electrons. The molecule has 0 unspecified atom stereocenters. The van der Waals surface area contributed by atoms with Crippen LogP contribution in [0.5, 0.6) is 0 Å². The molecule has 1 aromatic heterocycles. The van der Waals surface area contributed by atoms with Crippen LogP contribution in [0.25, 0.3) is 0 Å². The molecule has 0 aromatic carbocycles. The maximum absolute atomic E-state index is 7.01. The van der Waals surface area contributed by atoms with E-state index in [0.717, 1.165) is 37.7 Å². The van der Waals surface area contributed by atoms with E-state index in [9.17, 15) is 0 Å². The zero-order chi connectivity index (χ0) is 24.4. The highest BCUT2D eigenvalue weighted by Crippen LogP contribution is 2.54. The van der Waals surface area contributed by atoms with Gasteiger partial charge in [-0.05, 0) is 81.2 Å². The molecule has 32 heavy (non-hydrogen) atoms. The van der Waals surface area contributed by atoms with Gasteiger partial charge in [0.15, 0.2) is 5.88 Å². The van der Waals surface area contributed by atoms with Crippen LogP contribution in [-0.2, 0) is 21.4 Å². The van der Waals surface area contributed by atoms with Crippen molar-refractivity contribution in [2.24, 2.45) is 5.41 Å². The van der Waals surface area contributed by atoms with Crippen LogP contribution in [-0.4, -0.2) is 23.1 Å². The molecule has 180 valence electrons. The SMILES string of the molecule is C=C(NCc1ncc(C(C)(C)C)cc1B1CC(CC)(CC)C(CC)(CC)O1)OC(C)(C)C. The molecule has 1 fully saturated rings. The first kappa shape index (κ1) is 26.8. The first-order valence-electron chi connectivity index (χ1n) is 12.5. The third-order valence-corrected chi connectivity index (χ3v) is 7.51. The van der Waals surface area contributed by atoms with Gasteiger partial charge in [0.2, 0.25) is 0 Å². The minimum absolute atomic E-state index is 0.0322. The summed E-state index contributed by atoms with van der Waals surface area (Å²) in [5, 5.41) is 3.34. The number of hydrogen-bond donors (Lipinski definition) is 1. The number of rotatable bonds is 9. The number of aromatic nitrogens is 1. The molecule has 1 saturated heterocycles. The number of hydrogen-bond acceptors (Lipinski definition) is 4. The zero-order valence-corrected chi connectivity index (χ0v) is 22.4. The van der Waals surface area contributed by atoms with Crippen LogP contribution in [0.3, 0.4) is 0 Å². The Hall–Kier alpha value is -1.49. The molecular formula is C27H47BN2O2. The lowest BCUT2D eigenvalue weighted by Crippen LogP contribution is -2.44. The van der Waals surface area contributed by atoms with E-state index in [4.69, 9.17) is 14.4 Å². The average Bonchev–Trinajstić information content (AvgIpc) is 3.05. The topological polar surface area (TPSA) is 43.4 Å². The van der Waals surface area contributed by atoms with Gasteiger partial charge < -0.3 is 14.7 Å². The molecule has 2 heterocycles. The molecule has 1 N–H and O–H groups in total. The highest BCUT2D eigenvalue weighted by Gasteiger charge is 2.57. The second kappa shape index (κ2) is 9.79. The monoisotopic (exact) mass is 442 g/mol. The van der Waals surface area contributed by atoms with Crippen molar-refractivity contribution in [3.8, 4) is 0 Å². The lowest BCUT2D eigenvalue weighted by Gasteiger charge is -2.44. The van der Waals surface area contributed by atoms with Crippen LogP contribution in [0.2, 0.25) is 6.32 Å². The number of nitrogens with zero attached hydrogens (tertiary/aromatic N) is 1. The number of ether oxygens (including phenoxy) is 1. The molecular weight excluding hydrogens is 395 g/mol. The predicted molar refractivity (Wildman–Crippen MR) is 137 cm³/mol. The smallest absolute Gasteiger partial charge is 0.329 e. The van der Waals surface area contributed by atoms with Gasteiger partial charge in [0.25, 0.3) is 0 Å². The van der Waals surface area contributed by atoms with Crippen LogP contribution >= 0.6 is 0 Å². The largest absolute Gasteiger partial charge is 0.474 e. The second-order valence-electron chi connectivity index (χ2n) is 11.5. The van der Waals surface area contributed by atoms with E-state index < -0.39 is 0 Å². The molecule has 0 spiro atoms. The van der Waals surface area contributed by atoms with E-state index in [1.165, 1.54) is 11.0 Å². The lowest BCUT2D eigenvalue weighted by molar-refractivity contribution is -0.0327. The molecule has 1 aromatic rings. The Balaban J connectivity index is 2.45. The summed E-state index contributed by atoms with van der Waals surface area (Å²) in [5.74, 6) is 0.574. The van der Waals surface area contributed by atoms with Gasteiger partial charge in [-0.15, -0.1) is 0 Å². The Morgan fingerprint density at radius 1 is 1.09 bits per heavy atom. The summed E-state index contributed by atoms with van der Waals surface area (Å²) >= 11 is 0. The molecule has 1 aliphatic rings.